The molecule has 0 atom stereocenters. The molecule has 0 bridgehead atoms. The first kappa shape index (κ1) is 19.0. The lowest BCUT2D eigenvalue weighted by atomic mass is 10.2. The van der Waals surface area contributed by atoms with Crippen LogP contribution in [0.5, 0.6) is 0 Å². The number of carbonyl (C=O) groups is 2. The zero-order valence-corrected chi connectivity index (χ0v) is 15.2. The van der Waals surface area contributed by atoms with Crippen LogP contribution in [-0.4, -0.2) is 46.0 Å². The molecular weight excluding hydrogens is 379 g/mol. The van der Waals surface area contributed by atoms with Crippen LogP contribution in [0.1, 0.15) is 28.7 Å². The summed E-state index contributed by atoms with van der Waals surface area (Å²) in [5.41, 5.74) is 0.869. The Kier molecular flexibility index (Phi) is 4.98. The zero-order valence-electron chi connectivity index (χ0n) is 14.3. The number of halogens is 1. The second kappa shape index (κ2) is 7.08. The lowest BCUT2D eigenvalue weighted by Gasteiger charge is -2.27. The Morgan fingerprint density at radius 2 is 2.04 bits per heavy atom. The van der Waals surface area contributed by atoms with Crippen LogP contribution in [0.15, 0.2) is 29.2 Å². The van der Waals surface area contributed by atoms with Crippen LogP contribution in [0, 0.1) is 5.82 Å². The monoisotopic (exact) mass is 396 g/mol. The number of carboxylic acids is 1. The van der Waals surface area contributed by atoms with E-state index in [1.54, 1.807) is 10.7 Å². The van der Waals surface area contributed by atoms with Crippen LogP contribution in [0.3, 0.4) is 0 Å². The Labute approximate surface area is 154 Å². The van der Waals surface area contributed by atoms with E-state index in [0.29, 0.717) is 11.4 Å². The van der Waals surface area contributed by atoms with Crippen molar-refractivity contribution in [2.75, 3.05) is 6.54 Å². The molecule has 2 aromatic rings. The van der Waals surface area contributed by atoms with E-state index in [0.717, 1.165) is 22.5 Å². The average Bonchev–Trinajstić information content (AvgIpc) is 3.02. The van der Waals surface area contributed by atoms with Gasteiger partial charge in [-0.15, -0.1) is 0 Å². The minimum absolute atomic E-state index is 0.0356. The summed E-state index contributed by atoms with van der Waals surface area (Å²) in [6, 6.07) is 4.33. The normalized spacial score (nSPS) is 14.6. The van der Waals surface area contributed by atoms with Gasteiger partial charge in [-0.05, 0) is 24.3 Å². The largest absolute Gasteiger partial charge is 0.478 e. The van der Waals surface area contributed by atoms with Crippen LogP contribution in [0.4, 0.5) is 4.39 Å². The van der Waals surface area contributed by atoms with Crippen LogP contribution >= 0.6 is 0 Å². The lowest BCUT2D eigenvalue weighted by molar-refractivity contribution is -0.119. The predicted octanol–water partition coefficient (Wildman–Crippen LogP) is 0.561. The number of hydrogen-bond donors (Lipinski definition) is 2. The van der Waals surface area contributed by atoms with Gasteiger partial charge in [0, 0.05) is 13.5 Å². The molecule has 27 heavy (non-hydrogen) atoms. The van der Waals surface area contributed by atoms with Crippen molar-refractivity contribution in [1.82, 2.24) is 19.4 Å². The van der Waals surface area contributed by atoms with Crippen LogP contribution in [0.2, 0.25) is 0 Å². The molecule has 1 aliphatic heterocycles. The van der Waals surface area contributed by atoms with E-state index in [1.165, 1.54) is 6.92 Å². The Balaban J connectivity index is 1.87. The summed E-state index contributed by atoms with van der Waals surface area (Å²) in [7, 11) is -4.22. The summed E-state index contributed by atoms with van der Waals surface area (Å²) in [6.45, 7) is 1.88. The average molecular weight is 396 g/mol. The molecule has 0 fully saturated rings. The van der Waals surface area contributed by atoms with E-state index in [4.69, 9.17) is 5.11 Å². The fourth-order valence-electron chi connectivity index (χ4n) is 2.78. The number of fused-ring (bicyclic) bond motifs is 1. The Bertz CT molecular complexity index is 1020. The molecule has 2 heterocycles. The van der Waals surface area contributed by atoms with Gasteiger partial charge in [0.15, 0.2) is 0 Å². The Morgan fingerprint density at radius 3 is 2.70 bits per heavy atom. The quantitative estimate of drug-likeness (QED) is 0.762. The molecule has 0 saturated carbocycles. The third-order valence-electron chi connectivity index (χ3n) is 4.13. The molecule has 1 amide bonds. The van der Waals surface area contributed by atoms with Gasteiger partial charge in [-0.1, -0.05) is 0 Å². The molecule has 9 nitrogen and oxygen atoms in total. The summed E-state index contributed by atoms with van der Waals surface area (Å²) >= 11 is 0. The summed E-state index contributed by atoms with van der Waals surface area (Å²) in [6.07, 6.45) is 0. The van der Waals surface area contributed by atoms with Gasteiger partial charge in [0.05, 0.1) is 36.6 Å². The van der Waals surface area contributed by atoms with Gasteiger partial charge >= 0.3 is 5.97 Å². The van der Waals surface area contributed by atoms with Gasteiger partial charge in [0.25, 0.3) is 0 Å². The number of nitrogens with zero attached hydrogens (tertiary/aromatic N) is 3. The molecule has 0 radical (unpaired) electrons. The third-order valence-corrected chi connectivity index (χ3v) is 5.99. The molecule has 0 spiro atoms. The minimum atomic E-state index is -4.22. The highest BCUT2D eigenvalue weighted by Gasteiger charge is 2.32. The maximum Gasteiger partial charge on any atom is 0.335 e. The van der Waals surface area contributed by atoms with E-state index in [-0.39, 0.29) is 37.6 Å². The fourth-order valence-corrected chi connectivity index (χ4v) is 4.27. The van der Waals surface area contributed by atoms with Crippen molar-refractivity contribution in [3.8, 4) is 0 Å². The second-order valence-electron chi connectivity index (χ2n) is 6.05. The number of rotatable bonds is 5. The maximum absolute atomic E-state index is 14.1. The van der Waals surface area contributed by atoms with Crippen molar-refractivity contribution < 1.29 is 27.5 Å². The number of hydrogen-bond acceptors (Lipinski definition) is 5. The van der Waals surface area contributed by atoms with E-state index in [1.807, 2.05) is 0 Å². The molecule has 11 heteroatoms. The van der Waals surface area contributed by atoms with E-state index in [2.05, 4.69) is 10.4 Å². The standard InChI is InChI=1S/C16H17FN4O5S/c1-10(22)18-8-12-7-13-9-20(4-5-21(13)19-12)27(25,26)15-6-11(16(23)24)2-3-14(15)17/h2-3,6-7H,4-5,8-9H2,1H3,(H,18,22)(H,23,24). The number of carbonyl (C=O) groups excluding carboxylic acids is 1. The van der Waals surface area contributed by atoms with Crippen molar-refractivity contribution in [3.05, 3.63) is 47.0 Å². The van der Waals surface area contributed by atoms with Crippen molar-refractivity contribution in [2.45, 2.75) is 31.5 Å². The van der Waals surface area contributed by atoms with Crippen LogP contribution in [-0.2, 0) is 34.5 Å². The van der Waals surface area contributed by atoms with Crippen molar-refractivity contribution in [3.63, 3.8) is 0 Å². The topological polar surface area (TPSA) is 122 Å². The van der Waals surface area contributed by atoms with Crippen LogP contribution < -0.4 is 5.32 Å². The zero-order chi connectivity index (χ0) is 19.8. The maximum atomic E-state index is 14.1. The molecule has 0 saturated heterocycles. The number of sulfonamides is 1. The van der Waals surface area contributed by atoms with Gasteiger partial charge in [-0.3, -0.25) is 9.48 Å². The van der Waals surface area contributed by atoms with Gasteiger partial charge in [0.2, 0.25) is 15.9 Å². The van der Waals surface area contributed by atoms with Gasteiger partial charge in [-0.2, -0.15) is 9.40 Å². The van der Waals surface area contributed by atoms with E-state index in [9.17, 15) is 22.4 Å². The summed E-state index contributed by atoms with van der Waals surface area (Å²) in [5.74, 6) is -2.56. The van der Waals surface area contributed by atoms with E-state index >= 15 is 0 Å². The fraction of sp³-hybridized carbons (Fsp3) is 0.312. The molecule has 3 rings (SSSR count). The number of aromatic carboxylic acids is 1. The second-order valence-corrected chi connectivity index (χ2v) is 7.96. The van der Waals surface area contributed by atoms with Gasteiger partial charge in [0.1, 0.15) is 10.7 Å². The molecule has 0 unspecified atom stereocenters. The molecule has 1 aliphatic rings. The highest BCUT2D eigenvalue weighted by atomic mass is 32.2. The lowest BCUT2D eigenvalue weighted by Crippen LogP contribution is -2.38. The van der Waals surface area contributed by atoms with Crippen molar-refractivity contribution in [2.24, 2.45) is 0 Å². The number of aromatic nitrogens is 2. The molecular formula is C16H17FN4O5S. The molecule has 1 aromatic heterocycles. The third kappa shape index (κ3) is 3.83. The number of nitrogens with one attached hydrogen (secondary N) is 1. The molecule has 0 aliphatic carbocycles. The van der Waals surface area contributed by atoms with E-state index < -0.39 is 26.7 Å². The predicted molar refractivity (Wildman–Crippen MR) is 90.7 cm³/mol. The first-order valence-electron chi connectivity index (χ1n) is 8.01. The van der Waals surface area contributed by atoms with Crippen LogP contribution in [0.25, 0.3) is 0 Å². The van der Waals surface area contributed by atoms with Crippen molar-refractivity contribution >= 4 is 21.9 Å². The number of carboxylic acid groups (broad SMARTS) is 1. The Morgan fingerprint density at radius 1 is 1.30 bits per heavy atom. The summed E-state index contributed by atoms with van der Waals surface area (Å²) in [4.78, 5) is 21.4. The van der Waals surface area contributed by atoms with Gasteiger partial charge in [-0.25, -0.2) is 17.6 Å². The summed E-state index contributed by atoms with van der Waals surface area (Å²) < 4.78 is 42.5. The summed E-state index contributed by atoms with van der Waals surface area (Å²) in [5, 5.41) is 15.9. The first-order chi connectivity index (χ1) is 12.7. The smallest absolute Gasteiger partial charge is 0.335 e. The van der Waals surface area contributed by atoms with Gasteiger partial charge < -0.3 is 10.4 Å². The Hall–Kier alpha value is -2.79. The number of benzene rings is 1. The molecule has 1 aromatic carbocycles. The highest BCUT2D eigenvalue weighted by Crippen LogP contribution is 2.25. The molecule has 144 valence electrons. The van der Waals surface area contributed by atoms with Crippen molar-refractivity contribution in [1.29, 1.82) is 0 Å². The molecule has 2 N–H and O–H groups in total. The highest BCUT2D eigenvalue weighted by molar-refractivity contribution is 7.89. The SMILES string of the molecule is CC(=O)NCc1cc2n(n1)CCN(S(=O)(=O)c1cc(C(=O)O)ccc1F)C2. The minimum Gasteiger partial charge on any atom is -0.478 e. The number of amides is 1. The first-order valence-corrected chi connectivity index (χ1v) is 9.45.